The van der Waals surface area contributed by atoms with Gasteiger partial charge in [0.25, 0.3) is 0 Å². The van der Waals surface area contributed by atoms with Crippen molar-refractivity contribution in [2.75, 3.05) is 0 Å². The second-order valence-electron chi connectivity index (χ2n) is 4.23. The fourth-order valence-corrected chi connectivity index (χ4v) is 3.56. The topological polar surface area (TPSA) is 20.2 Å². The molecule has 4 heteroatoms. The van der Waals surface area contributed by atoms with E-state index < -0.39 is 5.60 Å². The zero-order chi connectivity index (χ0) is 13.2. The van der Waals surface area contributed by atoms with Crippen LogP contribution in [0.2, 0.25) is 0 Å². The zero-order valence-corrected chi connectivity index (χ0v) is 12.4. The van der Waals surface area contributed by atoms with Crippen molar-refractivity contribution in [3.05, 3.63) is 56.4 Å². The number of hydrogen-bond acceptors (Lipinski definition) is 2. The molecule has 1 heterocycles. The summed E-state index contributed by atoms with van der Waals surface area (Å²) in [5.74, 6) is -0.352. The van der Waals surface area contributed by atoms with E-state index in [9.17, 15) is 9.50 Å². The molecule has 96 valence electrons. The Bertz CT molecular complexity index is 540. The number of thiophene rings is 1. The molecule has 0 aliphatic carbocycles. The first kappa shape index (κ1) is 13.7. The number of halogens is 2. The monoisotopic (exact) mass is 328 g/mol. The smallest absolute Gasteiger partial charge is 0.129 e. The molecule has 0 aliphatic rings. The highest BCUT2D eigenvalue weighted by molar-refractivity contribution is 9.10. The van der Waals surface area contributed by atoms with Gasteiger partial charge in [-0.2, -0.15) is 0 Å². The maximum atomic E-state index is 13.8. The summed E-state index contributed by atoms with van der Waals surface area (Å²) in [7, 11) is 0. The highest BCUT2D eigenvalue weighted by Crippen LogP contribution is 2.35. The van der Waals surface area contributed by atoms with Crippen LogP contribution in [0, 0.1) is 5.82 Å². The third-order valence-electron chi connectivity index (χ3n) is 3.10. The van der Waals surface area contributed by atoms with Crippen LogP contribution in [0.5, 0.6) is 0 Å². The molecule has 1 aromatic carbocycles. The van der Waals surface area contributed by atoms with E-state index in [1.54, 1.807) is 29.5 Å². The standard InChI is InChI=1S/C14H14BrFOS/c1-2-14(17,9-13-11(15)7-8-18-13)10-5-3-4-6-12(10)16/h3-8,17H,2,9H2,1H3. The molecule has 0 amide bonds. The van der Waals surface area contributed by atoms with E-state index >= 15 is 0 Å². The quantitative estimate of drug-likeness (QED) is 0.876. The average Bonchev–Trinajstić information content (AvgIpc) is 2.75. The molecular formula is C14H14BrFOS. The van der Waals surface area contributed by atoms with Gasteiger partial charge in [0.15, 0.2) is 0 Å². The van der Waals surface area contributed by atoms with Gasteiger partial charge in [0.1, 0.15) is 5.82 Å². The van der Waals surface area contributed by atoms with Crippen molar-refractivity contribution in [2.45, 2.75) is 25.4 Å². The molecule has 2 aromatic rings. The van der Waals surface area contributed by atoms with Gasteiger partial charge in [-0.3, -0.25) is 0 Å². The zero-order valence-electron chi connectivity index (χ0n) is 9.99. The van der Waals surface area contributed by atoms with Crippen LogP contribution >= 0.6 is 27.3 Å². The molecule has 1 nitrogen and oxygen atoms in total. The summed E-state index contributed by atoms with van der Waals surface area (Å²) >= 11 is 5.01. The van der Waals surface area contributed by atoms with Crippen molar-refractivity contribution in [1.82, 2.24) is 0 Å². The number of benzene rings is 1. The number of hydrogen-bond donors (Lipinski definition) is 1. The Kier molecular flexibility index (Phi) is 4.20. The minimum atomic E-state index is -1.15. The first-order valence-electron chi connectivity index (χ1n) is 5.76. The first-order chi connectivity index (χ1) is 8.57. The SMILES string of the molecule is CCC(O)(Cc1sccc1Br)c1ccccc1F. The van der Waals surface area contributed by atoms with Crippen molar-refractivity contribution in [1.29, 1.82) is 0 Å². The molecule has 1 N–H and O–H groups in total. The Morgan fingerprint density at radius 1 is 1.33 bits per heavy atom. The van der Waals surface area contributed by atoms with E-state index in [4.69, 9.17) is 0 Å². The van der Waals surface area contributed by atoms with Gasteiger partial charge in [-0.15, -0.1) is 11.3 Å². The van der Waals surface area contributed by atoms with Crippen LogP contribution in [0.1, 0.15) is 23.8 Å². The number of rotatable bonds is 4. The van der Waals surface area contributed by atoms with Crippen LogP contribution < -0.4 is 0 Å². The van der Waals surface area contributed by atoms with E-state index in [1.807, 2.05) is 18.4 Å². The van der Waals surface area contributed by atoms with Gasteiger partial charge >= 0.3 is 0 Å². The molecule has 18 heavy (non-hydrogen) atoms. The van der Waals surface area contributed by atoms with Crippen molar-refractivity contribution in [3.63, 3.8) is 0 Å². The lowest BCUT2D eigenvalue weighted by Crippen LogP contribution is -2.28. The second-order valence-corrected chi connectivity index (χ2v) is 6.09. The molecule has 0 radical (unpaired) electrons. The van der Waals surface area contributed by atoms with E-state index in [-0.39, 0.29) is 5.82 Å². The second kappa shape index (κ2) is 5.51. The van der Waals surface area contributed by atoms with Crippen LogP contribution in [0.25, 0.3) is 0 Å². The van der Waals surface area contributed by atoms with Crippen molar-refractivity contribution in [2.24, 2.45) is 0 Å². The third-order valence-corrected chi connectivity index (χ3v) is 5.03. The molecule has 0 fully saturated rings. The predicted octanol–water partition coefficient (Wildman–Crippen LogP) is 4.49. The Hall–Kier alpha value is -0.710. The molecule has 0 spiro atoms. The average molecular weight is 329 g/mol. The summed E-state index contributed by atoms with van der Waals surface area (Å²) in [6.45, 7) is 1.87. The van der Waals surface area contributed by atoms with E-state index in [0.717, 1.165) is 9.35 Å². The lowest BCUT2D eigenvalue weighted by Gasteiger charge is -2.27. The maximum Gasteiger partial charge on any atom is 0.129 e. The summed E-state index contributed by atoms with van der Waals surface area (Å²) in [6, 6.07) is 8.37. The minimum absolute atomic E-state index is 0.352. The fraction of sp³-hybridized carbons (Fsp3) is 0.286. The van der Waals surface area contributed by atoms with E-state index in [0.29, 0.717) is 18.4 Å². The van der Waals surface area contributed by atoms with Crippen LogP contribution in [0.3, 0.4) is 0 Å². The van der Waals surface area contributed by atoms with Gasteiger partial charge in [-0.25, -0.2) is 4.39 Å². The minimum Gasteiger partial charge on any atom is -0.385 e. The van der Waals surface area contributed by atoms with Crippen LogP contribution in [-0.2, 0) is 12.0 Å². The van der Waals surface area contributed by atoms with Gasteiger partial charge in [0.2, 0.25) is 0 Å². The van der Waals surface area contributed by atoms with E-state index in [1.165, 1.54) is 6.07 Å². The van der Waals surface area contributed by atoms with Gasteiger partial charge in [-0.1, -0.05) is 25.1 Å². The summed E-state index contributed by atoms with van der Waals surface area (Å²) in [5.41, 5.74) is -0.786. The lowest BCUT2D eigenvalue weighted by atomic mass is 9.87. The normalized spacial score (nSPS) is 14.4. The summed E-state index contributed by atoms with van der Waals surface area (Å²) in [5, 5.41) is 12.7. The Balaban J connectivity index is 2.37. The highest BCUT2D eigenvalue weighted by Gasteiger charge is 2.31. The van der Waals surface area contributed by atoms with Crippen LogP contribution in [0.15, 0.2) is 40.2 Å². The maximum absolute atomic E-state index is 13.8. The molecular weight excluding hydrogens is 315 g/mol. The van der Waals surface area contributed by atoms with E-state index in [2.05, 4.69) is 15.9 Å². The van der Waals surface area contributed by atoms with Crippen LogP contribution in [-0.4, -0.2) is 5.11 Å². The highest BCUT2D eigenvalue weighted by atomic mass is 79.9. The Morgan fingerprint density at radius 3 is 2.61 bits per heavy atom. The summed E-state index contributed by atoms with van der Waals surface area (Å²) in [6.07, 6.45) is 0.890. The van der Waals surface area contributed by atoms with Crippen molar-refractivity contribution in [3.8, 4) is 0 Å². The van der Waals surface area contributed by atoms with Crippen molar-refractivity contribution < 1.29 is 9.50 Å². The predicted molar refractivity (Wildman–Crippen MR) is 76.3 cm³/mol. The molecule has 1 unspecified atom stereocenters. The lowest BCUT2D eigenvalue weighted by molar-refractivity contribution is 0.0298. The number of aliphatic hydroxyl groups is 1. The summed E-state index contributed by atoms with van der Waals surface area (Å²) in [4.78, 5) is 1.03. The van der Waals surface area contributed by atoms with Gasteiger partial charge in [0.05, 0.1) is 5.60 Å². The molecule has 0 aliphatic heterocycles. The van der Waals surface area contributed by atoms with Gasteiger partial charge in [-0.05, 0) is 39.9 Å². The Labute approximate surface area is 118 Å². The van der Waals surface area contributed by atoms with Gasteiger partial charge < -0.3 is 5.11 Å². The molecule has 1 aromatic heterocycles. The summed E-state index contributed by atoms with van der Waals surface area (Å²) < 4.78 is 14.8. The molecule has 2 rings (SSSR count). The third kappa shape index (κ3) is 2.66. The molecule has 0 saturated heterocycles. The van der Waals surface area contributed by atoms with Gasteiger partial charge in [0, 0.05) is 21.3 Å². The van der Waals surface area contributed by atoms with Crippen molar-refractivity contribution >= 4 is 27.3 Å². The fourth-order valence-electron chi connectivity index (χ4n) is 1.97. The largest absolute Gasteiger partial charge is 0.385 e. The first-order valence-corrected chi connectivity index (χ1v) is 7.43. The molecule has 0 bridgehead atoms. The Morgan fingerprint density at radius 2 is 2.06 bits per heavy atom. The molecule has 1 atom stereocenters. The van der Waals surface area contributed by atoms with Crippen LogP contribution in [0.4, 0.5) is 4.39 Å². The molecule has 0 saturated carbocycles.